The number of halogens is 1. The molecular formula is C21H26BrNO2. The number of carbonyl (C=O) groups is 1. The lowest BCUT2D eigenvalue weighted by molar-refractivity contribution is -0.141. The van der Waals surface area contributed by atoms with Crippen LogP contribution in [0.2, 0.25) is 0 Å². The zero-order chi connectivity index (χ0) is 16.8. The number of Topliss-reactive ketones (excluding diaryl/α,β-unsaturated/α-hetero) is 1. The van der Waals surface area contributed by atoms with Gasteiger partial charge in [-0.2, -0.15) is 0 Å². The summed E-state index contributed by atoms with van der Waals surface area (Å²) in [4.78, 5) is 15.7. The van der Waals surface area contributed by atoms with Gasteiger partial charge in [-0.15, -0.1) is 17.0 Å². The highest BCUT2D eigenvalue weighted by atomic mass is 79.9. The molecule has 1 fully saturated rings. The van der Waals surface area contributed by atoms with Crippen LogP contribution in [0.15, 0.2) is 60.7 Å². The molecule has 0 aromatic heterocycles. The average Bonchev–Trinajstić information content (AvgIpc) is 3.14. The van der Waals surface area contributed by atoms with E-state index in [9.17, 15) is 4.79 Å². The van der Waals surface area contributed by atoms with E-state index in [1.807, 2.05) is 67.6 Å². The normalized spacial score (nSPS) is 14.9. The molecule has 0 saturated carbocycles. The Morgan fingerprint density at radius 3 is 1.88 bits per heavy atom. The number of ether oxygens (including phenoxy) is 1. The largest absolute Gasteiger partial charge is 0.358 e. The number of likely N-dealkylation sites (tertiary alicyclic amines) is 1. The number of rotatable bonds is 7. The first-order valence-corrected chi connectivity index (χ1v) is 8.78. The molecule has 2 aromatic carbocycles. The van der Waals surface area contributed by atoms with Gasteiger partial charge in [-0.1, -0.05) is 60.7 Å². The molecule has 0 unspecified atom stereocenters. The lowest BCUT2D eigenvalue weighted by Gasteiger charge is -2.34. The van der Waals surface area contributed by atoms with Gasteiger partial charge < -0.3 is 4.74 Å². The van der Waals surface area contributed by atoms with Crippen LogP contribution >= 0.6 is 17.0 Å². The third-order valence-electron chi connectivity index (χ3n) is 4.68. The van der Waals surface area contributed by atoms with Crippen molar-refractivity contribution in [2.75, 3.05) is 26.2 Å². The zero-order valence-corrected chi connectivity index (χ0v) is 16.4. The van der Waals surface area contributed by atoms with Crippen molar-refractivity contribution in [1.29, 1.82) is 0 Å². The van der Waals surface area contributed by atoms with Gasteiger partial charge in [0, 0.05) is 6.61 Å². The minimum absolute atomic E-state index is 0. The minimum atomic E-state index is -1.03. The molecule has 0 N–H and O–H groups in total. The van der Waals surface area contributed by atoms with Crippen LogP contribution in [0.5, 0.6) is 0 Å². The highest BCUT2D eigenvalue weighted by Gasteiger charge is 2.43. The van der Waals surface area contributed by atoms with Crippen molar-refractivity contribution in [3.63, 3.8) is 0 Å². The van der Waals surface area contributed by atoms with Crippen LogP contribution in [0.25, 0.3) is 0 Å². The first kappa shape index (κ1) is 19.8. The molecule has 0 bridgehead atoms. The van der Waals surface area contributed by atoms with Crippen LogP contribution in [-0.2, 0) is 15.1 Å². The lowest BCUT2D eigenvalue weighted by atomic mass is 9.82. The Labute approximate surface area is 160 Å². The Morgan fingerprint density at radius 1 is 0.960 bits per heavy atom. The molecule has 3 nitrogen and oxygen atoms in total. The molecular weight excluding hydrogens is 378 g/mol. The van der Waals surface area contributed by atoms with Crippen LogP contribution in [-0.4, -0.2) is 36.9 Å². The van der Waals surface area contributed by atoms with Gasteiger partial charge in [-0.25, -0.2) is 0 Å². The summed E-state index contributed by atoms with van der Waals surface area (Å²) in [5.41, 5.74) is 0.782. The standard InChI is InChI=1S/C21H25NO2.BrH/c1-2-24-21(18-11-5-3-6-12-18,19-13-7-4-8-14-19)20(23)17-22-15-9-10-16-22;/h3-8,11-14H,2,9-10,15-17H2,1H3;1H. The van der Waals surface area contributed by atoms with E-state index in [1.54, 1.807) is 0 Å². The van der Waals surface area contributed by atoms with E-state index in [1.165, 1.54) is 12.8 Å². The van der Waals surface area contributed by atoms with E-state index in [-0.39, 0.29) is 22.8 Å². The first-order chi connectivity index (χ1) is 11.8. The Hall–Kier alpha value is -1.49. The summed E-state index contributed by atoms with van der Waals surface area (Å²) in [5.74, 6) is 0.114. The molecule has 25 heavy (non-hydrogen) atoms. The van der Waals surface area contributed by atoms with Crippen molar-refractivity contribution >= 4 is 22.8 Å². The van der Waals surface area contributed by atoms with Crippen LogP contribution in [0, 0.1) is 0 Å². The number of hydrogen-bond donors (Lipinski definition) is 0. The highest BCUT2D eigenvalue weighted by molar-refractivity contribution is 8.93. The Bertz CT molecular complexity index is 615. The van der Waals surface area contributed by atoms with Gasteiger partial charge in [-0.3, -0.25) is 9.69 Å². The molecule has 1 aliphatic heterocycles. The summed E-state index contributed by atoms with van der Waals surface area (Å²) in [5, 5.41) is 0. The molecule has 1 saturated heterocycles. The van der Waals surface area contributed by atoms with E-state index in [0.717, 1.165) is 24.2 Å². The molecule has 3 rings (SSSR count). The molecule has 0 aliphatic carbocycles. The predicted octanol–water partition coefficient (Wildman–Crippen LogP) is 4.21. The number of benzene rings is 2. The lowest BCUT2D eigenvalue weighted by Crippen LogP contribution is -2.45. The summed E-state index contributed by atoms with van der Waals surface area (Å²) >= 11 is 0. The number of nitrogens with zero attached hydrogens (tertiary/aromatic N) is 1. The second kappa shape index (κ2) is 9.27. The van der Waals surface area contributed by atoms with Crippen LogP contribution < -0.4 is 0 Å². The van der Waals surface area contributed by atoms with Gasteiger partial charge in [0.1, 0.15) is 0 Å². The smallest absolute Gasteiger partial charge is 0.187 e. The van der Waals surface area contributed by atoms with Crippen LogP contribution in [0.4, 0.5) is 0 Å². The monoisotopic (exact) mass is 403 g/mol. The topological polar surface area (TPSA) is 29.5 Å². The molecule has 1 aliphatic rings. The Morgan fingerprint density at radius 2 is 1.44 bits per heavy atom. The van der Waals surface area contributed by atoms with Crippen LogP contribution in [0.1, 0.15) is 30.9 Å². The molecule has 134 valence electrons. The Balaban J connectivity index is 0.00000225. The fraction of sp³-hybridized carbons (Fsp3) is 0.381. The first-order valence-electron chi connectivity index (χ1n) is 8.78. The quantitative estimate of drug-likeness (QED) is 0.693. The number of carbonyl (C=O) groups excluding carboxylic acids is 1. The molecule has 0 spiro atoms. The summed E-state index contributed by atoms with van der Waals surface area (Å²) < 4.78 is 6.20. The van der Waals surface area contributed by atoms with Crippen molar-refractivity contribution in [3.8, 4) is 0 Å². The summed E-state index contributed by atoms with van der Waals surface area (Å²) in [6.07, 6.45) is 2.34. The van der Waals surface area contributed by atoms with E-state index in [0.29, 0.717) is 13.2 Å². The van der Waals surface area contributed by atoms with E-state index in [4.69, 9.17) is 4.74 Å². The second-order valence-corrected chi connectivity index (χ2v) is 6.25. The van der Waals surface area contributed by atoms with Gasteiger partial charge in [0.15, 0.2) is 11.4 Å². The van der Waals surface area contributed by atoms with Gasteiger partial charge in [0.05, 0.1) is 6.54 Å². The molecule has 0 atom stereocenters. The van der Waals surface area contributed by atoms with Gasteiger partial charge in [0.25, 0.3) is 0 Å². The average molecular weight is 404 g/mol. The van der Waals surface area contributed by atoms with Crippen molar-refractivity contribution in [2.45, 2.75) is 25.4 Å². The van der Waals surface area contributed by atoms with Crippen molar-refractivity contribution < 1.29 is 9.53 Å². The molecule has 2 aromatic rings. The second-order valence-electron chi connectivity index (χ2n) is 6.25. The third kappa shape index (κ3) is 4.20. The van der Waals surface area contributed by atoms with E-state index < -0.39 is 5.60 Å². The maximum Gasteiger partial charge on any atom is 0.187 e. The summed E-state index contributed by atoms with van der Waals surface area (Å²) in [6, 6.07) is 19.8. The SMILES string of the molecule is Br.CCOC(C(=O)CN1CCCC1)(c1ccccc1)c1ccccc1. The highest BCUT2D eigenvalue weighted by Crippen LogP contribution is 2.35. The number of ketones is 1. The van der Waals surface area contributed by atoms with Crippen LogP contribution in [0.3, 0.4) is 0 Å². The van der Waals surface area contributed by atoms with Crippen molar-refractivity contribution in [3.05, 3.63) is 71.8 Å². The van der Waals surface area contributed by atoms with Gasteiger partial charge in [-0.05, 0) is 44.0 Å². The van der Waals surface area contributed by atoms with Gasteiger partial charge >= 0.3 is 0 Å². The Kier molecular flexibility index (Phi) is 7.36. The molecule has 0 amide bonds. The predicted molar refractivity (Wildman–Crippen MR) is 106 cm³/mol. The fourth-order valence-electron chi connectivity index (χ4n) is 3.55. The fourth-order valence-corrected chi connectivity index (χ4v) is 3.55. The molecule has 0 radical (unpaired) electrons. The minimum Gasteiger partial charge on any atom is -0.358 e. The van der Waals surface area contributed by atoms with Gasteiger partial charge in [0.2, 0.25) is 0 Å². The molecule has 1 heterocycles. The van der Waals surface area contributed by atoms with E-state index >= 15 is 0 Å². The third-order valence-corrected chi connectivity index (χ3v) is 4.68. The molecule has 4 heteroatoms. The summed E-state index contributed by atoms with van der Waals surface area (Å²) in [6.45, 7) is 4.86. The summed E-state index contributed by atoms with van der Waals surface area (Å²) in [7, 11) is 0. The maximum atomic E-state index is 13.4. The van der Waals surface area contributed by atoms with Crippen molar-refractivity contribution in [1.82, 2.24) is 4.90 Å². The number of hydrogen-bond acceptors (Lipinski definition) is 3. The zero-order valence-electron chi connectivity index (χ0n) is 14.7. The van der Waals surface area contributed by atoms with E-state index in [2.05, 4.69) is 4.90 Å². The van der Waals surface area contributed by atoms with Crippen molar-refractivity contribution in [2.24, 2.45) is 0 Å². The maximum absolute atomic E-state index is 13.4.